The average molecular weight is 455 g/mol. The molecule has 0 aliphatic carbocycles. The molecule has 4 heteroatoms. The highest BCUT2D eigenvalue weighted by molar-refractivity contribution is 5.69. The van der Waals surface area contributed by atoms with Gasteiger partial charge in [0.15, 0.2) is 0 Å². The van der Waals surface area contributed by atoms with Crippen LogP contribution in [0.5, 0.6) is 0 Å². The lowest BCUT2D eigenvalue weighted by Crippen LogP contribution is -2.05. The van der Waals surface area contributed by atoms with E-state index >= 15 is 0 Å². The molecule has 0 spiro atoms. The fourth-order valence-corrected chi connectivity index (χ4v) is 3.88. The Morgan fingerprint density at radius 1 is 0.406 bits per heavy atom. The number of esters is 2. The number of unbranched alkanes of at least 4 members (excludes halogenated alkanes) is 17. The summed E-state index contributed by atoms with van der Waals surface area (Å²) in [6, 6.07) is 0. The Morgan fingerprint density at radius 2 is 0.688 bits per heavy atom. The number of rotatable bonds is 25. The third-order valence-electron chi connectivity index (χ3n) is 6.03. The van der Waals surface area contributed by atoms with Gasteiger partial charge in [0.1, 0.15) is 0 Å². The minimum Gasteiger partial charge on any atom is -0.466 e. The van der Waals surface area contributed by atoms with E-state index in [1.807, 2.05) is 0 Å². The first-order valence-corrected chi connectivity index (χ1v) is 14.0. The molecule has 0 aliphatic rings. The summed E-state index contributed by atoms with van der Waals surface area (Å²) in [6.45, 7) is 5.51. The second kappa shape index (κ2) is 26.2. The fraction of sp³-hybridized carbons (Fsp3) is 0.929. The van der Waals surface area contributed by atoms with Gasteiger partial charge in [-0.2, -0.15) is 0 Å². The zero-order valence-corrected chi connectivity index (χ0v) is 21.6. The highest BCUT2D eigenvalue weighted by Gasteiger charge is 2.03. The molecule has 0 radical (unpaired) electrons. The molecule has 4 nitrogen and oxygen atoms in total. The molecular weight excluding hydrogens is 400 g/mol. The molecule has 0 saturated carbocycles. The maximum Gasteiger partial charge on any atom is 0.305 e. The number of hydrogen-bond donors (Lipinski definition) is 0. The second-order valence-electron chi connectivity index (χ2n) is 9.30. The van der Waals surface area contributed by atoms with Crippen molar-refractivity contribution in [2.24, 2.45) is 0 Å². The van der Waals surface area contributed by atoms with Gasteiger partial charge in [0, 0.05) is 12.8 Å². The van der Waals surface area contributed by atoms with Crippen LogP contribution in [-0.4, -0.2) is 25.2 Å². The molecule has 0 fully saturated rings. The van der Waals surface area contributed by atoms with E-state index in [-0.39, 0.29) is 11.9 Å². The molecule has 0 bridgehead atoms. The summed E-state index contributed by atoms with van der Waals surface area (Å²) in [5.41, 5.74) is 0. The van der Waals surface area contributed by atoms with Crippen LogP contribution in [0.4, 0.5) is 0 Å². The van der Waals surface area contributed by atoms with Crippen LogP contribution in [0.3, 0.4) is 0 Å². The number of carbonyl (C=O) groups excluding carboxylic acids is 2. The van der Waals surface area contributed by atoms with Gasteiger partial charge < -0.3 is 9.47 Å². The molecule has 0 amide bonds. The molecular formula is C28H54O4. The molecule has 0 aromatic heterocycles. The van der Waals surface area contributed by atoms with Crippen LogP contribution in [0.1, 0.15) is 155 Å². The predicted molar refractivity (Wildman–Crippen MR) is 135 cm³/mol. The first kappa shape index (κ1) is 30.9. The van der Waals surface area contributed by atoms with Gasteiger partial charge in [-0.3, -0.25) is 9.59 Å². The Balaban J connectivity index is 3.16. The standard InChI is InChI=1S/C28H54O4/c1-3-5-21-25-31-27(29)23-19-17-15-13-11-9-7-8-10-12-14-16-18-20-24-28(30)32-26-22-6-4-2/h3-26H2,1-2H3. The van der Waals surface area contributed by atoms with Gasteiger partial charge in [0.05, 0.1) is 13.2 Å². The van der Waals surface area contributed by atoms with Crippen molar-refractivity contribution in [1.29, 1.82) is 0 Å². The van der Waals surface area contributed by atoms with Crippen LogP contribution in [0.15, 0.2) is 0 Å². The molecule has 0 unspecified atom stereocenters. The molecule has 0 aromatic carbocycles. The summed E-state index contributed by atoms with van der Waals surface area (Å²) < 4.78 is 10.5. The van der Waals surface area contributed by atoms with Gasteiger partial charge in [0.25, 0.3) is 0 Å². The van der Waals surface area contributed by atoms with Gasteiger partial charge in [0.2, 0.25) is 0 Å². The normalized spacial score (nSPS) is 10.9. The lowest BCUT2D eigenvalue weighted by atomic mass is 10.0. The van der Waals surface area contributed by atoms with Crippen molar-refractivity contribution < 1.29 is 19.1 Å². The van der Waals surface area contributed by atoms with Crippen molar-refractivity contribution in [3.8, 4) is 0 Å². The van der Waals surface area contributed by atoms with E-state index in [4.69, 9.17) is 9.47 Å². The smallest absolute Gasteiger partial charge is 0.305 e. The Morgan fingerprint density at radius 3 is 0.969 bits per heavy atom. The minimum absolute atomic E-state index is 0.0126. The second-order valence-corrected chi connectivity index (χ2v) is 9.30. The third-order valence-corrected chi connectivity index (χ3v) is 6.03. The van der Waals surface area contributed by atoms with Crippen LogP contribution in [0, 0.1) is 0 Å². The molecule has 0 saturated heterocycles. The van der Waals surface area contributed by atoms with Crippen LogP contribution in [-0.2, 0) is 19.1 Å². The molecule has 0 heterocycles. The average Bonchev–Trinajstić information content (AvgIpc) is 2.79. The molecule has 0 aliphatic heterocycles. The van der Waals surface area contributed by atoms with Crippen LogP contribution in [0.25, 0.3) is 0 Å². The first-order valence-electron chi connectivity index (χ1n) is 14.0. The summed E-state index contributed by atoms with van der Waals surface area (Å²) in [4.78, 5) is 23.2. The van der Waals surface area contributed by atoms with E-state index in [1.165, 1.54) is 64.2 Å². The van der Waals surface area contributed by atoms with Gasteiger partial charge >= 0.3 is 11.9 Å². The van der Waals surface area contributed by atoms with Crippen LogP contribution in [0.2, 0.25) is 0 Å². The number of ether oxygens (including phenoxy) is 2. The maximum absolute atomic E-state index is 11.6. The SMILES string of the molecule is CCCCCOC(=O)CCCCCCCCCCCCCCCCC(=O)OCCCCC. The zero-order valence-electron chi connectivity index (χ0n) is 21.6. The monoisotopic (exact) mass is 454 g/mol. The maximum atomic E-state index is 11.6. The summed E-state index contributed by atoms with van der Waals surface area (Å²) in [7, 11) is 0. The first-order chi connectivity index (χ1) is 15.7. The van der Waals surface area contributed by atoms with Gasteiger partial charge in [-0.25, -0.2) is 0 Å². The Labute approximate surface area is 199 Å². The molecule has 32 heavy (non-hydrogen) atoms. The summed E-state index contributed by atoms with van der Waals surface area (Å²) in [5, 5.41) is 0. The van der Waals surface area contributed by atoms with Crippen molar-refractivity contribution in [2.75, 3.05) is 13.2 Å². The molecule has 0 aromatic rings. The fourth-order valence-electron chi connectivity index (χ4n) is 3.88. The Kier molecular flexibility index (Phi) is 25.3. The zero-order chi connectivity index (χ0) is 23.5. The van der Waals surface area contributed by atoms with Crippen LogP contribution >= 0.6 is 0 Å². The summed E-state index contributed by atoms with van der Waals surface area (Å²) >= 11 is 0. The van der Waals surface area contributed by atoms with E-state index in [9.17, 15) is 9.59 Å². The Hall–Kier alpha value is -1.06. The van der Waals surface area contributed by atoms with Crippen molar-refractivity contribution in [3.05, 3.63) is 0 Å². The number of hydrogen-bond acceptors (Lipinski definition) is 4. The minimum atomic E-state index is -0.0126. The van der Waals surface area contributed by atoms with Crippen molar-refractivity contribution in [2.45, 2.75) is 155 Å². The topological polar surface area (TPSA) is 52.6 Å². The van der Waals surface area contributed by atoms with Gasteiger partial charge in [-0.1, -0.05) is 117 Å². The van der Waals surface area contributed by atoms with E-state index in [0.717, 1.165) is 64.2 Å². The largest absolute Gasteiger partial charge is 0.466 e. The highest BCUT2D eigenvalue weighted by Crippen LogP contribution is 2.14. The molecule has 0 rings (SSSR count). The van der Waals surface area contributed by atoms with Crippen molar-refractivity contribution >= 4 is 11.9 Å². The lowest BCUT2D eigenvalue weighted by molar-refractivity contribution is -0.144. The molecule has 0 N–H and O–H groups in total. The predicted octanol–water partition coefficient (Wildman–Crippen LogP) is 8.69. The van der Waals surface area contributed by atoms with Crippen molar-refractivity contribution in [3.63, 3.8) is 0 Å². The summed E-state index contributed by atoms with van der Waals surface area (Å²) in [6.07, 6.45) is 25.2. The lowest BCUT2D eigenvalue weighted by Gasteiger charge is -2.05. The van der Waals surface area contributed by atoms with E-state index in [2.05, 4.69) is 13.8 Å². The third kappa shape index (κ3) is 25.2. The number of carbonyl (C=O) groups is 2. The Bertz CT molecular complexity index is 370. The quantitative estimate of drug-likeness (QED) is 0.102. The van der Waals surface area contributed by atoms with Gasteiger partial charge in [-0.15, -0.1) is 0 Å². The highest BCUT2D eigenvalue weighted by atomic mass is 16.5. The summed E-state index contributed by atoms with van der Waals surface area (Å²) in [5.74, 6) is -0.0252. The van der Waals surface area contributed by atoms with Crippen LogP contribution < -0.4 is 0 Å². The van der Waals surface area contributed by atoms with E-state index in [1.54, 1.807) is 0 Å². The molecule has 0 atom stereocenters. The van der Waals surface area contributed by atoms with E-state index < -0.39 is 0 Å². The van der Waals surface area contributed by atoms with E-state index in [0.29, 0.717) is 26.1 Å². The van der Waals surface area contributed by atoms with Crippen molar-refractivity contribution in [1.82, 2.24) is 0 Å². The van der Waals surface area contributed by atoms with Gasteiger partial charge in [-0.05, 0) is 25.7 Å². The molecule has 190 valence electrons.